The van der Waals surface area contributed by atoms with Crippen molar-refractivity contribution in [2.75, 3.05) is 11.3 Å². The molecule has 39 heavy (non-hydrogen) atoms. The Hall–Kier alpha value is -2.24. The molecule has 2 aliphatic rings. The molecule has 1 saturated carbocycles. The quantitative estimate of drug-likeness (QED) is 0.315. The van der Waals surface area contributed by atoms with Crippen LogP contribution in [0.15, 0.2) is 69.1 Å². The molecule has 210 valence electrons. The van der Waals surface area contributed by atoms with Crippen LogP contribution in [-0.4, -0.2) is 33.7 Å². The topological polar surface area (TPSA) is 95.6 Å². The lowest BCUT2D eigenvalue weighted by molar-refractivity contribution is 0.305. The largest absolute Gasteiger partial charge is 0.310 e. The van der Waals surface area contributed by atoms with Crippen LogP contribution in [0, 0.1) is 5.92 Å². The van der Waals surface area contributed by atoms with Gasteiger partial charge in [-0.2, -0.15) is 4.31 Å². The molecule has 0 spiro atoms. The summed E-state index contributed by atoms with van der Waals surface area (Å²) in [6.45, 7) is 3.35. The first-order valence-electron chi connectivity index (χ1n) is 13.7. The SMILES string of the molecule is C[C@@H](CC1CCCCC1)NCc1ccccc1NS(=O)(=O)c1ccc2c(c1)CCN(S(=O)(=O)c1cccs1)C2. The summed E-state index contributed by atoms with van der Waals surface area (Å²) >= 11 is 1.20. The molecule has 10 heteroatoms. The number of hydrogen-bond donors (Lipinski definition) is 2. The number of benzene rings is 2. The van der Waals surface area contributed by atoms with Crippen molar-refractivity contribution >= 4 is 37.1 Å². The van der Waals surface area contributed by atoms with Gasteiger partial charge in [-0.25, -0.2) is 16.8 Å². The summed E-state index contributed by atoms with van der Waals surface area (Å²) < 4.78 is 57.2. The van der Waals surface area contributed by atoms with Crippen molar-refractivity contribution in [3.8, 4) is 0 Å². The van der Waals surface area contributed by atoms with Crippen molar-refractivity contribution in [1.29, 1.82) is 0 Å². The van der Waals surface area contributed by atoms with Crippen molar-refractivity contribution in [2.24, 2.45) is 5.92 Å². The van der Waals surface area contributed by atoms with Gasteiger partial charge in [-0.3, -0.25) is 4.72 Å². The van der Waals surface area contributed by atoms with Gasteiger partial charge in [0.25, 0.3) is 20.0 Å². The Morgan fingerprint density at radius 3 is 2.54 bits per heavy atom. The van der Waals surface area contributed by atoms with Gasteiger partial charge in [-0.15, -0.1) is 11.3 Å². The minimum atomic E-state index is -3.82. The number of rotatable bonds is 10. The van der Waals surface area contributed by atoms with Gasteiger partial charge in [0.15, 0.2) is 0 Å². The Morgan fingerprint density at radius 2 is 1.77 bits per heavy atom. The zero-order valence-corrected chi connectivity index (χ0v) is 24.8. The van der Waals surface area contributed by atoms with Crippen LogP contribution >= 0.6 is 11.3 Å². The smallest absolute Gasteiger partial charge is 0.261 e. The van der Waals surface area contributed by atoms with Gasteiger partial charge >= 0.3 is 0 Å². The number of nitrogens with one attached hydrogen (secondary N) is 2. The van der Waals surface area contributed by atoms with E-state index in [4.69, 9.17) is 0 Å². The van der Waals surface area contributed by atoms with Crippen LogP contribution < -0.4 is 10.0 Å². The molecule has 0 saturated heterocycles. The van der Waals surface area contributed by atoms with Gasteiger partial charge in [-0.05, 0) is 72.0 Å². The number of nitrogens with zero attached hydrogens (tertiary/aromatic N) is 1. The molecule has 5 rings (SSSR count). The summed E-state index contributed by atoms with van der Waals surface area (Å²) in [4.78, 5) is 0.184. The summed E-state index contributed by atoms with van der Waals surface area (Å²) in [5, 5.41) is 5.34. The molecule has 0 radical (unpaired) electrons. The van der Waals surface area contributed by atoms with E-state index < -0.39 is 20.0 Å². The zero-order valence-electron chi connectivity index (χ0n) is 22.3. The van der Waals surface area contributed by atoms with Gasteiger partial charge in [0, 0.05) is 25.7 Å². The van der Waals surface area contributed by atoms with Crippen LogP contribution in [0.5, 0.6) is 0 Å². The number of anilines is 1. The van der Waals surface area contributed by atoms with Gasteiger partial charge < -0.3 is 5.32 Å². The second kappa shape index (κ2) is 12.1. The second-order valence-corrected chi connectivity index (χ2v) is 15.5. The average Bonchev–Trinajstić information content (AvgIpc) is 3.49. The fourth-order valence-electron chi connectivity index (χ4n) is 5.68. The van der Waals surface area contributed by atoms with Crippen molar-refractivity contribution < 1.29 is 16.8 Å². The first-order chi connectivity index (χ1) is 18.7. The number of hydrogen-bond acceptors (Lipinski definition) is 6. The minimum Gasteiger partial charge on any atom is -0.310 e. The molecule has 2 N–H and O–H groups in total. The molecule has 1 fully saturated rings. The first-order valence-corrected chi connectivity index (χ1v) is 17.5. The van der Waals surface area contributed by atoms with Gasteiger partial charge in [0.1, 0.15) is 4.21 Å². The van der Waals surface area contributed by atoms with E-state index in [0.29, 0.717) is 35.4 Å². The van der Waals surface area contributed by atoms with Crippen LogP contribution in [0.25, 0.3) is 0 Å². The van der Waals surface area contributed by atoms with Gasteiger partial charge in [0.2, 0.25) is 0 Å². The van der Waals surface area contributed by atoms with E-state index in [9.17, 15) is 16.8 Å². The number of thiophene rings is 1. The minimum absolute atomic E-state index is 0.184. The number of sulfonamides is 2. The van der Waals surface area contributed by atoms with Crippen molar-refractivity contribution in [1.82, 2.24) is 9.62 Å². The Balaban J connectivity index is 1.25. The van der Waals surface area contributed by atoms with Crippen molar-refractivity contribution in [2.45, 2.75) is 80.1 Å². The third-order valence-electron chi connectivity index (χ3n) is 7.87. The predicted octanol–water partition coefficient (Wildman–Crippen LogP) is 5.74. The monoisotopic (exact) mass is 587 g/mol. The molecule has 1 atom stereocenters. The van der Waals surface area contributed by atoms with Crippen LogP contribution in [0.1, 0.15) is 62.1 Å². The van der Waals surface area contributed by atoms with E-state index in [-0.39, 0.29) is 11.4 Å². The lowest BCUT2D eigenvalue weighted by atomic mass is 9.85. The lowest BCUT2D eigenvalue weighted by Gasteiger charge is -2.28. The molecule has 7 nitrogen and oxygen atoms in total. The maximum atomic E-state index is 13.4. The van der Waals surface area contributed by atoms with Crippen LogP contribution in [0.3, 0.4) is 0 Å². The molecule has 0 bridgehead atoms. The van der Waals surface area contributed by atoms with Crippen LogP contribution in [-0.2, 0) is 39.6 Å². The maximum Gasteiger partial charge on any atom is 0.261 e. The van der Waals surface area contributed by atoms with E-state index >= 15 is 0 Å². The van der Waals surface area contributed by atoms with Crippen LogP contribution in [0.2, 0.25) is 0 Å². The standard InChI is InChI=1S/C29H37N3O4S3/c1-22(18-23-8-3-2-4-9-23)30-20-25-10-5-6-11-28(25)31-38(33,34)27-14-13-26-21-32(16-15-24(26)19-27)39(35,36)29-12-7-17-37-29/h5-7,10-14,17,19,22-23,30-31H,2-4,8-9,15-16,18,20-21H2,1H3/t22-/m0/s1. The third kappa shape index (κ3) is 6.74. The number of para-hydroxylation sites is 1. The van der Waals surface area contributed by atoms with E-state index in [1.165, 1.54) is 47.7 Å². The Bertz CT molecular complexity index is 1480. The van der Waals surface area contributed by atoms with Gasteiger partial charge in [-0.1, -0.05) is 62.4 Å². The predicted molar refractivity (Wildman–Crippen MR) is 157 cm³/mol. The Morgan fingerprint density at radius 1 is 0.974 bits per heavy atom. The van der Waals surface area contributed by atoms with E-state index in [1.54, 1.807) is 41.8 Å². The molecule has 2 aromatic carbocycles. The molecule has 2 heterocycles. The first kappa shape index (κ1) is 28.3. The Kier molecular flexibility index (Phi) is 8.78. The van der Waals surface area contributed by atoms with Crippen LogP contribution in [0.4, 0.5) is 5.69 Å². The van der Waals surface area contributed by atoms with E-state index in [2.05, 4.69) is 17.0 Å². The molecule has 3 aromatic rings. The molecule has 0 amide bonds. The molecular weight excluding hydrogens is 551 g/mol. The normalized spacial score (nSPS) is 18.0. The Labute approximate surface area is 236 Å². The highest BCUT2D eigenvalue weighted by molar-refractivity contribution is 7.92. The molecule has 1 aliphatic heterocycles. The second-order valence-electron chi connectivity index (χ2n) is 10.7. The molecule has 1 aliphatic carbocycles. The number of fused-ring (bicyclic) bond motifs is 1. The summed E-state index contributed by atoms with van der Waals surface area (Å²) in [6, 6.07) is 16.2. The highest BCUT2D eigenvalue weighted by Crippen LogP contribution is 2.30. The summed E-state index contributed by atoms with van der Waals surface area (Å²) in [6.07, 6.45) is 8.25. The van der Waals surface area contributed by atoms with Crippen molar-refractivity contribution in [3.63, 3.8) is 0 Å². The summed E-state index contributed by atoms with van der Waals surface area (Å²) in [7, 11) is -7.37. The van der Waals surface area contributed by atoms with Gasteiger partial charge in [0.05, 0.1) is 10.6 Å². The summed E-state index contributed by atoms with van der Waals surface area (Å²) in [5.41, 5.74) is 3.17. The fraction of sp³-hybridized carbons (Fsp3) is 0.448. The average molecular weight is 588 g/mol. The fourth-order valence-corrected chi connectivity index (χ4v) is 9.40. The van der Waals surface area contributed by atoms with Crippen molar-refractivity contribution in [3.05, 3.63) is 76.7 Å². The van der Waals surface area contributed by atoms with E-state index in [0.717, 1.165) is 29.0 Å². The highest BCUT2D eigenvalue weighted by atomic mass is 32.2. The molecule has 1 aromatic heterocycles. The third-order valence-corrected chi connectivity index (χ3v) is 12.5. The molecule has 0 unspecified atom stereocenters. The summed E-state index contributed by atoms with van der Waals surface area (Å²) in [5.74, 6) is 0.780. The zero-order chi connectivity index (χ0) is 27.5. The highest BCUT2D eigenvalue weighted by Gasteiger charge is 2.30. The van der Waals surface area contributed by atoms with E-state index in [1.807, 2.05) is 18.2 Å². The maximum absolute atomic E-state index is 13.4. The molecular formula is C29H37N3O4S3. The lowest BCUT2D eigenvalue weighted by Crippen LogP contribution is -2.35.